The Bertz CT molecular complexity index is 722. The summed E-state index contributed by atoms with van der Waals surface area (Å²) < 4.78 is 5.11. The van der Waals surface area contributed by atoms with Crippen molar-refractivity contribution in [2.45, 2.75) is 57.2 Å². The first-order valence-corrected chi connectivity index (χ1v) is 10.4. The van der Waals surface area contributed by atoms with Gasteiger partial charge in [0.25, 0.3) is 5.78 Å². The van der Waals surface area contributed by atoms with Crippen LogP contribution in [-0.4, -0.2) is 48.8 Å². The molecule has 1 aromatic carbocycles. The normalized spacial score (nSPS) is 12.5. The van der Waals surface area contributed by atoms with E-state index >= 15 is 0 Å². The predicted octanol–water partition coefficient (Wildman–Crippen LogP) is -0.316. The molecule has 0 unspecified atom stereocenters. The first kappa shape index (κ1) is 26.1. The summed E-state index contributed by atoms with van der Waals surface area (Å²) >= 11 is 0. The molecule has 10 nitrogen and oxygen atoms in total. The number of guanidine groups is 1. The summed E-state index contributed by atoms with van der Waals surface area (Å²) in [6.45, 7) is 0.863. The maximum absolute atomic E-state index is 12.6. The van der Waals surface area contributed by atoms with Gasteiger partial charge in [0.15, 0.2) is 5.96 Å². The molecule has 1 aromatic rings. The van der Waals surface area contributed by atoms with Crippen LogP contribution in [0, 0.1) is 0 Å². The SMILES string of the molecule is NCCCC[C@H](N)C(=O)N[C@@H](CCCCN=C(N)N)C(=O)C(=O)OCc1ccccc1. The maximum atomic E-state index is 12.6. The summed E-state index contributed by atoms with van der Waals surface area (Å²) in [6, 6.07) is 7.18. The number of carbonyl (C=O) groups is 3. The minimum atomic E-state index is -1.03. The lowest BCUT2D eigenvalue weighted by Crippen LogP contribution is -2.50. The van der Waals surface area contributed by atoms with Gasteiger partial charge in [-0.2, -0.15) is 0 Å². The van der Waals surface area contributed by atoms with E-state index in [1.165, 1.54) is 0 Å². The molecule has 9 N–H and O–H groups in total. The van der Waals surface area contributed by atoms with Crippen LogP contribution in [0.4, 0.5) is 0 Å². The van der Waals surface area contributed by atoms with Crippen molar-refractivity contribution in [2.75, 3.05) is 13.1 Å². The second-order valence-electron chi connectivity index (χ2n) is 7.18. The highest BCUT2D eigenvalue weighted by Crippen LogP contribution is 2.08. The number of rotatable bonds is 15. The van der Waals surface area contributed by atoms with E-state index in [4.69, 9.17) is 27.7 Å². The molecule has 0 aliphatic rings. The Morgan fingerprint density at radius 2 is 1.68 bits per heavy atom. The van der Waals surface area contributed by atoms with Crippen molar-refractivity contribution in [3.63, 3.8) is 0 Å². The number of unbranched alkanes of at least 4 members (excludes halogenated alkanes) is 2. The third kappa shape index (κ3) is 11.1. The van der Waals surface area contributed by atoms with Crippen molar-refractivity contribution < 1.29 is 19.1 Å². The number of amides is 1. The molecule has 31 heavy (non-hydrogen) atoms. The number of esters is 1. The average molecular weight is 435 g/mol. The van der Waals surface area contributed by atoms with Crippen molar-refractivity contribution in [3.05, 3.63) is 35.9 Å². The van der Waals surface area contributed by atoms with Crippen molar-refractivity contribution in [1.82, 2.24) is 5.32 Å². The van der Waals surface area contributed by atoms with Gasteiger partial charge in [0.1, 0.15) is 6.61 Å². The van der Waals surface area contributed by atoms with Crippen LogP contribution in [-0.2, 0) is 25.7 Å². The number of ether oxygens (including phenoxy) is 1. The van der Waals surface area contributed by atoms with Gasteiger partial charge in [-0.25, -0.2) is 4.79 Å². The van der Waals surface area contributed by atoms with Crippen LogP contribution < -0.4 is 28.3 Å². The van der Waals surface area contributed by atoms with E-state index < -0.39 is 29.7 Å². The van der Waals surface area contributed by atoms with Gasteiger partial charge in [-0.1, -0.05) is 36.8 Å². The molecule has 0 heterocycles. The highest BCUT2D eigenvalue weighted by atomic mass is 16.5. The molecule has 0 aromatic heterocycles. The topological polar surface area (TPSA) is 189 Å². The van der Waals surface area contributed by atoms with Gasteiger partial charge in [0.2, 0.25) is 5.91 Å². The number of ketones is 1. The predicted molar refractivity (Wildman–Crippen MR) is 119 cm³/mol. The van der Waals surface area contributed by atoms with Gasteiger partial charge >= 0.3 is 5.97 Å². The molecule has 172 valence electrons. The summed E-state index contributed by atoms with van der Waals surface area (Å²) in [5.41, 5.74) is 22.7. The quantitative estimate of drug-likeness (QED) is 0.0816. The van der Waals surface area contributed by atoms with Crippen LogP contribution >= 0.6 is 0 Å². The van der Waals surface area contributed by atoms with Crippen molar-refractivity contribution in [1.29, 1.82) is 0 Å². The molecule has 0 radical (unpaired) electrons. The van der Waals surface area contributed by atoms with E-state index in [1.54, 1.807) is 24.3 Å². The van der Waals surface area contributed by atoms with Crippen molar-refractivity contribution in [2.24, 2.45) is 27.9 Å². The lowest BCUT2D eigenvalue weighted by atomic mass is 10.0. The molecular formula is C21H34N6O4. The molecule has 0 spiro atoms. The number of nitrogens with one attached hydrogen (secondary N) is 1. The molecule has 0 saturated carbocycles. The van der Waals surface area contributed by atoms with Gasteiger partial charge < -0.3 is 33.0 Å². The Hall–Kier alpha value is -2.98. The molecule has 0 fully saturated rings. The number of Topliss-reactive ketones (excluding diaryl/α,β-unsaturated/α-hetero) is 1. The van der Waals surface area contributed by atoms with E-state index in [0.29, 0.717) is 38.8 Å². The second kappa shape index (κ2) is 14.9. The molecule has 0 aliphatic carbocycles. The van der Waals surface area contributed by atoms with Crippen LogP contribution in [0.15, 0.2) is 35.3 Å². The zero-order valence-electron chi connectivity index (χ0n) is 17.8. The largest absolute Gasteiger partial charge is 0.455 e. The number of aliphatic imine (C=N–C) groups is 1. The monoisotopic (exact) mass is 434 g/mol. The minimum absolute atomic E-state index is 0.0196. The first-order valence-electron chi connectivity index (χ1n) is 10.4. The summed E-state index contributed by atoms with van der Waals surface area (Å²) in [5.74, 6) is -2.33. The van der Waals surface area contributed by atoms with E-state index in [9.17, 15) is 14.4 Å². The fourth-order valence-corrected chi connectivity index (χ4v) is 2.79. The van der Waals surface area contributed by atoms with Crippen LogP contribution in [0.2, 0.25) is 0 Å². The van der Waals surface area contributed by atoms with Crippen molar-refractivity contribution in [3.8, 4) is 0 Å². The number of hydrogen-bond acceptors (Lipinski definition) is 7. The van der Waals surface area contributed by atoms with Gasteiger partial charge in [0, 0.05) is 6.54 Å². The Balaban J connectivity index is 2.67. The van der Waals surface area contributed by atoms with E-state index in [1.807, 2.05) is 6.07 Å². The fourth-order valence-electron chi connectivity index (χ4n) is 2.79. The lowest BCUT2D eigenvalue weighted by Gasteiger charge is -2.19. The van der Waals surface area contributed by atoms with E-state index in [-0.39, 0.29) is 19.0 Å². The minimum Gasteiger partial charge on any atom is -0.455 e. The van der Waals surface area contributed by atoms with Crippen LogP contribution in [0.25, 0.3) is 0 Å². The Morgan fingerprint density at radius 1 is 1.00 bits per heavy atom. The van der Waals surface area contributed by atoms with Crippen molar-refractivity contribution >= 4 is 23.6 Å². The molecule has 1 rings (SSSR count). The highest BCUT2D eigenvalue weighted by molar-refractivity contribution is 6.36. The van der Waals surface area contributed by atoms with E-state index in [0.717, 1.165) is 12.0 Å². The summed E-state index contributed by atoms with van der Waals surface area (Å²) in [7, 11) is 0. The molecule has 10 heteroatoms. The van der Waals surface area contributed by atoms with E-state index in [2.05, 4.69) is 10.3 Å². The first-order chi connectivity index (χ1) is 14.8. The molecule has 0 saturated heterocycles. The zero-order valence-corrected chi connectivity index (χ0v) is 17.8. The van der Waals surface area contributed by atoms with Crippen LogP contribution in [0.5, 0.6) is 0 Å². The number of nitrogens with two attached hydrogens (primary N) is 4. The molecule has 1 amide bonds. The standard InChI is InChI=1S/C21H34N6O4/c22-12-6-4-10-16(23)19(29)27-17(11-5-7-13-26-21(24)25)18(28)20(30)31-14-15-8-2-1-3-9-15/h1-3,8-9,16-17H,4-7,10-14,22-23H2,(H,27,29)(H4,24,25,26)/t16-,17-/m0/s1. The smallest absolute Gasteiger partial charge is 0.377 e. The molecule has 2 atom stereocenters. The highest BCUT2D eigenvalue weighted by Gasteiger charge is 2.29. The van der Waals surface area contributed by atoms with Crippen LogP contribution in [0.3, 0.4) is 0 Å². The number of carbonyl (C=O) groups excluding carboxylic acids is 3. The Labute approximate surface area is 182 Å². The van der Waals surface area contributed by atoms with Gasteiger partial charge in [-0.3, -0.25) is 14.6 Å². The number of benzene rings is 1. The van der Waals surface area contributed by atoms with Gasteiger partial charge in [-0.05, 0) is 44.2 Å². The van der Waals surface area contributed by atoms with Gasteiger partial charge in [-0.15, -0.1) is 0 Å². The molecule has 0 bridgehead atoms. The van der Waals surface area contributed by atoms with Crippen LogP contribution in [0.1, 0.15) is 44.1 Å². The zero-order chi connectivity index (χ0) is 23.1. The fraction of sp³-hybridized carbons (Fsp3) is 0.524. The summed E-state index contributed by atoms with van der Waals surface area (Å²) in [5, 5.41) is 2.59. The third-order valence-electron chi connectivity index (χ3n) is 4.55. The summed E-state index contributed by atoms with van der Waals surface area (Å²) in [6.07, 6.45) is 3.22. The third-order valence-corrected chi connectivity index (χ3v) is 4.55. The Morgan fingerprint density at radius 3 is 2.32 bits per heavy atom. The number of nitrogens with zero attached hydrogens (tertiary/aromatic N) is 1. The molecular weight excluding hydrogens is 400 g/mol. The van der Waals surface area contributed by atoms with Gasteiger partial charge in [0.05, 0.1) is 12.1 Å². The number of hydrogen-bond donors (Lipinski definition) is 5. The lowest BCUT2D eigenvalue weighted by molar-refractivity contribution is -0.156. The maximum Gasteiger partial charge on any atom is 0.377 e. The molecule has 0 aliphatic heterocycles. The summed E-state index contributed by atoms with van der Waals surface area (Å²) in [4.78, 5) is 41.2. The Kier molecular flexibility index (Phi) is 12.5. The second-order valence-corrected chi connectivity index (χ2v) is 7.18. The average Bonchev–Trinajstić information content (AvgIpc) is 2.76.